The van der Waals surface area contributed by atoms with Gasteiger partial charge in [0.25, 0.3) is 0 Å². The second kappa shape index (κ2) is 7.26. The number of hydrogen-bond acceptors (Lipinski definition) is 5. The van der Waals surface area contributed by atoms with Crippen LogP contribution in [-0.2, 0) is 11.8 Å². The highest BCUT2D eigenvalue weighted by molar-refractivity contribution is 6.11. The fourth-order valence-electron chi connectivity index (χ4n) is 3.39. The summed E-state index contributed by atoms with van der Waals surface area (Å²) in [6.45, 7) is 2.45. The summed E-state index contributed by atoms with van der Waals surface area (Å²) in [6.07, 6.45) is 5.57. The molecule has 0 unspecified atom stereocenters. The monoisotopic (exact) mass is 385 g/mol. The fourth-order valence-corrected chi connectivity index (χ4v) is 3.39. The van der Waals surface area contributed by atoms with Crippen molar-refractivity contribution in [3.63, 3.8) is 0 Å². The van der Waals surface area contributed by atoms with Gasteiger partial charge in [-0.1, -0.05) is 0 Å². The number of nitrogens with one attached hydrogen (secondary N) is 1. The first kappa shape index (κ1) is 18.5. The minimum atomic E-state index is -0.464. The molecule has 2 atom stereocenters. The summed E-state index contributed by atoms with van der Waals surface area (Å²) in [6, 6.07) is 3.92. The van der Waals surface area contributed by atoms with Gasteiger partial charge < -0.3 is 15.8 Å². The van der Waals surface area contributed by atoms with Gasteiger partial charge in [0, 0.05) is 43.9 Å². The van der Waals surface area contributed by atoms with E-state index >= 15 is 0 Å². The van der Waals surface area contributed by atoms with Crippen LogP contribution in [0.4, 0.5) is 4.39 Å². The molecule has 2 fully saturated rings. The van der Waals surface area contributed by atoms with Gasteiger partial charge in [-0.25, -0.2) is 4.68 Å². The maximum atomic E-state index is 14.7. The lowest BCUT2D eigenvalue weighted by Crippen LogP contribution is -2.25. The lowest BCUT2D eigenvalue weighted by molar-refractivity contribution is -0.119. The largest absolute Gasteiger partial charge is 0.489 e. The number of fused-ring (bicyclic) bond motifs is 1. The van der Waals surface area contributed by atoms with Gasteiger partial charge in [0.2, 0.25) is 11.9 Å². The van der Waals surface area contributed by atoms with Crippen molar-refractivity contribution in [3.8, 4) is 5.75 Å². The standard InChI is InChI=1S/C20H24FN5O2/c1-11(13-7-18(27)24-9-13)28-17-6-12(14(8-22)10-23-15-3-4-15)5-16-19(17)20(21)26(2)25-16/h5-6,8,10-11,13,15H,3-4,7,9,22H2,1-2H3,(H,24,27)/t11-,13-/m1/s1. The lowest BCUT2D eigenvalue weighted by atomic mass is 10.0. The third-order valence-corrected chi connectivity index (χ3v) is 5.30. The first-order valence-corrected chi connectivity index (χ1v) is 9.51. The summed E-state index contributed by atoms with van der Waals surface area (Å²) in [5.41, 5.74) is 7.80. The summed E-state index contributed by atoms with van der Waals surface area (Å²) < 4.78 is 22.0. The molecule has 8 heteroatoms. The maximum Gasteiger partial charge on any atom is 0.222 e. The number of aryl methyl sites for hydroxylation is 1. The van der Waals surface area contributed by atoms with Crippen LogP contribution in [0.15, 0.2) is 23.3 Å². The zero-order valence-electron chi connectivity index (χ0n) is 16.0. The SMILES string of the molecule is C[C@@H](Oc1cc(C(C=NC2CC2)=CN)cc2nn(C)c(F)c12)[C@H]1CNC(=O)C1. The van der Waals surface area contributed by atoms with Crippen LogP contribution in [0.5, 0.6) is 5.75 Å². The highest BCUT2D eigenvalue weighted by Gasteiger charge is 2.29. The number of nitrogens with two attached hydrogens (primary N) is 1. The number of ether oxygens (including phenoxy) is 1. The van der Waals surface area contributed by atoms with E-state index in [0.717, 1.165) is 24.0 Å². The predicted octanol–water partition coefficient (Wildman–Crippen LogP) is 2.15. The van der Waals surface area contributed by atoms with Crippen molar-refractivity contribution >= 4 is 28.6 Å². The van der Waals surface area contributed by atoms with Crippen LogP contribution in [0.1, 0.15) is 31.7 Å². The number of halogens is 1. The van der Waals surface area contributed by atoms with Crippen molar-refractivity contribution in [3.05, 3.63) is 29.8 Å². The Morgan fingerprint density at radius 2 is 2.29 bits per heavy atom. The topological polar surface area (TPSA) is 94.5 Å². The summed E-state index contributed by atoms with van der Waals surface area (Å²) in [5, 5.41) is 7.39. The molecule has 1 amide bonds. The quantitative estimate of drug-likeness (QED) is 0.745. The lowest BCUT2D eigenvalue weighted by Gasteiger charge is -2.20. The molecule has 2 heterocycles. The zero-order valence-corrected chi connectivity index (χ0v) is 16.0. The molecule has 7 nitrogen and oxygen atoms in total. The molecule has 28 heavy (non-hydrogen) atoms. The van der Waals surface area contributed by atoms with Gasteiger partial charge >= 0.3 is 0 Å². The predicted molar refractivity (Wildman–Crippen MR) is 106 cm³/mol. The molecule has 0 radical (unpaired) electrons. The number of amides is 1. The van der Waals surface area contributed by atoms with Crippen LogP contribution in [0.3, 0.4) is 0 Å². The highest BCUT2D eigenvalue weighted by Crippen LogP contribution is 2.34. The van der Waals surface area contributed by atoms with E-state index in [-0.39, 0.29) is 17.9 Å². The number of aromatic nitrogens is 2. The molecule has 2 aromatic rings. The zero-order chi connectivity index (χ0) is 19.8. The van der Waals surface area contributed by atoms with Gasteiger partial charge in [0.15, 0.2) is 0 Å². The molecule has 1 saturated carbocycles. The van der Waals surface area contributed by atoms with Gasteiger partial charge in [-0.3, -0.25) is 9.79 Å². The molecule has 2 aliphatic rings. The molecule has 1 aromatic carbocycles. The highest BCUT2D eigenvalue weighted by atomic mass is 19.1. The number of rotatable bonds is 6. The van der Waals surface area contributed by atoms with E-state index in [2.05, 4.69) is 15.4 Å². The van der Waals surface area contributed by atoms with Gasteiger partial charge in [-0.2, -0.15) is 9.49 Å². The number of aliphatic imine (C=N–C) groups is 1. The van der Waals surface area contributed by atoms with Crippen molar-refractivity contribution in [2.75, 3.05) is 6.54 Å². The number of carbonyl (C=O) groups is 1. The molecule has 1 saturated heterocycles. The number of nitrogens with zero attached hydrogens (tertiary/aromatic N) is 3. The van der Waals surface area contributed by atoms with Crippen LogP contribution in [0.2, 0.25) is 0 Å². The summed E-state index contributed by atoms with van der Waals surface area (Å²) >= 11 is 0. The Morgan fingerprint density at radius 3 is 2.93 bits per heavy atom. The molecule has 148 valence electrons. The second-order valence-electron chi connectivity index (χ2n) is 7.51. The summed E-state index contributed by atoms with van der Waals surface area (Å²) in [4.78, 5) is 16.0. The van der Waals surface area contributed by atoms with E-state index in [1.807, 2.05) is 6.92 Å². The summed E-state index contributed by atoms with van der Waals surface area (Å²) in [7, 11) is 1.55. The molecule has 1 aliphatic carbocycles. The number of benzene rings is 1. The molecule has 4 rings (SSSR count). The first-order chi connectivity index (χ1) is 13.5. The van der Waals surface area contributed by atoms with E-state index in [1.165, 1.54) is 10.9 Å². The smallest absolute Gasteiger partial charge is 0.222 e. The Hall–Kier alpha value is -2.90. The average molecular weight is 385 g/mol. The Labute approximate surface area is 162 Å². The van der Waals surface area contributed by atoms with Gasteiger partial charge in [-0.15, -0.1) is 0 Å². The Bertz CT molecular complexity index is 977. The minimum absolute atomic E-state index is 0.0107. The van der Waals surface area contributed by atoms with Crippen molar-refractivity contribution < 1.29 is 13.9 Å². The van der Waals surface area contributed by atoms with Crippen LogP contribution in [-0.4, -0.2) is 40.6 Å². The Balaban J connectivity index is 1.71. The van der Waals surface area contributed by atoms with Crippen molar-refractivity contribution in [1.29, 1.82) is 0 Å². The molecule has 1 aliphatic heterocycles. The summed E-state index contributed by atoms with van der Waals surface area (Å²) in [5.74, 6) is -0.0261. The number of carbonyl (C=O) groups excluding carboxylic acids is 1. The third-order valence-electron chi connectivity index (χ3n) is 5.30. The Kier molecular flexibility index (Phi) is 4.78. The van der Waals surface area contributed by atoms with Crippen molar-refractivity contribution in [1.82, 2.24) is 15.1 Å². The number of hydrogen-bond donors (Lipinski definition) is 2. The van der Waals surface area contributed by atoms with Crippen LogP contribution < -0.4 is 15.8 Å². The molecular formula is C20H24FN5O2. The Morgan fingerprint density at radius 1 is 1.50 bits per heavy atom. The van der Waals surface area contributed by atoms with Crippen molar-refractivity contribution in [2.24, 2.45) is 23.7 Å². The molecular weight excluding hydrogens is 361 g/mol. The van der Waals surface area contributed by atoms with Gasteiger partial charge in [-0.05, 0) is 37.5 Å². The fraction of sp³-hybridized carbons (Fsp3) is 0.450. The molecule has 0 spiro atoms. The normalized spacial score (nSPS) is 21.5. The van der Waals surface area contributed by atoms with Crippen molar-refractivity contribution in [2.45, 2.75) is 38.3 Å². The third kappa shape index (κ3) is 3.58. The van der Waals surface area contributed by atoms with E-state index in [1.54, 1.807) is 25.4 Å². The molecule has 1 aromatic heterocycles. The van der Waals surface area contributed by atoms with Gasteiger partial charge in [0.05, 0.1) is 16.9 Å². The van der Waals surface area contributed by atoms with Crippen LogP contribution in [0.25, 0.3) is 16.5 Å². The van der Waals surface area contributed by atoms with E-state index < -0.39 is 5.95 Å². The molecule has 0 bridgehead atoms. The van der Waals surface area contributed by atoms with E-state index in [4.69, 9.17) is 10.5 Å². The second-order valence-corrected chi connectivity index (χ2v) is 7.51. The maximum absolute atomic E-state index is 14.7. The van der Waals surface area contributed by atoms with Crippen LogP contribution >= 0.6 is 0 Å². The minimum Gasteiger partial charge on any atom is -0.489 e. The van der Waals surface area contributed by atoms with Gasteiger partial charge in [0.1, 0.15) is 11.9 Å². The van der Waals surface area contributed by atoms with E-state index in [9.17, 15) is 9.18 Å². The molecule has 3 N–H and O–H groups in total. The van der Waals surface area contributed by atoms with Crippen LogP contribution in [0, 0.1) is 11.9 Å². The average Bonchev–Trinajstić information content (AvgIpc) is 3.31. The first-order valence-electron chi connectivity index (χ1n) is 9.51. The van der Waals surface area contributed by atoms with E-state index in [0.29, 0.717) is 35.7 Å². The number of allylic oxidation sites excluding steroid dienone is 1.